The van der Waals surface area contributed by atoms with Crippen molar-refractivity contribution in [1.82, 2.24) is 24.9 Å². The van der Waals surface area contributed by atoms with Crippen LogP contribution in [-0.2, 0) is 13.0 Å². The highest BCUT2D eigenvalue weighted by molar-refractivity contribution is 5.95. The van der Waals surface area contributed by atoms with E-state index >= 15 is 0 Å². The van der Waals surface area contributed by atoms with Gasteiger partial charge in [0.25, 0.3) is 5.91 Å². The van der Waals surface area contributed by atoms with Gasteiger partial charge in [0.2, 0.25) is 0 Å². The minimum absolute atomic E-state index is 0.0239. The minimum Gasteiger partial charge on any atom is -0.352 e. The van der Waals surface area contributed by atoms with E-state index in [9.17, 15) is 4.79 Å². The summed E-state index contributed by atoms with van der Waals surface area (Å²) in [6, 6.07) is 21.4. The van der Waals surface area contributed by atoms with Crippen molar-refractivity contribution in [3.05, 3.63) is 89.2 Å². The largest absolute Gasteiger partial charge is 0.352 e. The van der Waals surface area contributed by atoms with Crippen molar-refractivity contribution >= 4 is 5.91 Å². The molecule has 1 unspecified atom stereocenters. The molecule has 1 fully saturated rings. The average molecular weight is 446 g/mol. The Morgan fingerprint density at radius 3 is 2.52 bits per heavy atom. The van der Waals surface area contributed by atoms with Gasteiger partial charge in [-0.1, -0.05) is 67.6 Å². The number of piperazine rings is 1. The maximum atomic E-state index is 12.9. The predicted octanol–water partition coefficient (Wildman–Crippen LogP) is 3.60. The lowest BCUT2D eigenvalue weighted by Gasteiger charge is -2.40. The number of nitrogens with zero attached hydrogens (tertiary/aromatic N) is 4. The zero-order chi connectivity index (χ0) is 23.0. The van der Waals surface area contributed by atoms with Gasteiger partial charge in [-0.25, -0.2) is 0 Å². The number of amides is 1. The molecular formula is C27H35N5O. The fraction of sp³-hybridized carbons (Fsp3) is 0.407. The monoisotopic (exact) mass is 445 g/mol. The molecule has 1 aromatic heterocycles. The first-order valence-corrected chi connectivity index (χ1v) is 12.0. The third kappa shape index (κ3) is 5.89. The molecular weight excluding hydrogens is 410 g/mol. The molecule has 0 radical (unpaired) electrons. The van der Waals surface area contributed by atoms with Crippen LogP contribution < -0.4 is 5.32 Å². The van der Waals surface area contributed by atoms with E-state index in [2.05, 4.69) is 76.7 Å². The molecule has 1 amide bonds. The fourth-order valence-corrected chi connectivity index (χ4v) is 4.66. The summed E-state index contributed by atoms with van der Waals surface area (Å²) in [5.74, 6) is -0.0239. The van der Waals surface area contributed by atoms with Crippen molar-refractivity contribution in [3.8, 4) is 0 Å². The number of rotatable bonds is 9. The lowest BCUT2D eigenvalue weighted by molar-refractivity contribution is 0.0865. The maximum absolute atomic E-state index is 12.9. The normalized spacial score (nSPS) is 17.2. The van der Waals surface area contributed by atoms with Gasteiger partial charge in [-0.3, -0.25) is 14.4 Å². The lowest BCUT2D eigenvalue weighted by Crippen LogP contribution is -2.47. The summed E-state index contributed by atoms with van der Waals surface area (Å²) in [6.45, 7) is 7.57. The Morgan fingerprint density at radius 2 is 1.79 bits per heavy atom. The summed E-state index contributed by atoms with van der Waals surface area (Å²) in [4.78, 5) is 17.8. The zero-order valence-corrected chi connectivity index (χ0v) is 19.8. The number of benzene rings is 2. The molecule has 1 aliphatic rings. The fourth-order valence-electron chi connectivity index (χ4n) is 4.66. The molecule has 6 nitrogen and oxygen atoms in total. The van der Waals surface area contributed by atoms with E-state index in [1.807, 2.05) is 22.9 Å². The van der Waals surface area contributed by atoms with Crippen LogP contribution in [0.4, 0.5) is 0 Å². The first-order chi connectivity index (χ1) is 16.2. The van der Waals surface area contributed by atoms with Gasteiger partial charge in [-0.05, 0) is 31.0 Å². The molecule has 0 bridgehead atoms. The van der Waals surface area contributed by atoms with Crippen molar-refractivity contribution < 1.29 is 4.79 Å². The number of hydrogen-bond acceptors (Lipinski definition) is 4. The molecule has 6 heteroatoms. The van der Waals surface area contributed by atoms with Crippen molar-refractivity contribution in [2.45, 2.75) is 32.4 Å². The van der Waals surface area contributed by atoms with E-state index < -0.39 is 0 Å². The van der Waals surface area contributed by atoms with Gasteiger partial charge in [-0.15, -0.1) is 0 Å². The predicted molar refractivity (Wildman–Crippen MR) is 132 cm³/mol. The molecule has 174 valence electrons. The molecule has 3 aromatic rings. The number of carbonyl (C=O) groups is 1. The first-order valence-electron chi connectivity index (χ1n) is 12.0. The topological polar surface area (TPSA) is 53.4 Å². The molecule has 0 saturated carbocycles. The Balaban J connectivity index is 1.31. The summed E-state index contributed by atoms with van der Waals surface area (Å²) in [7, 11) is 2.19. The lowest BCUT2D eigenvalue weighted by atomic mass is 10.0. The summed E-state index contributed by atoms with van der Waals surface area (Å²) in [5.41, 5.74) is 4.23. The molecule has 2 aromatic carbocycles. The number of aromatic nitrogens is 2. The van der Waals surface area contributed by atoms with E-state index in [1.54, 1.807) is 6.20 Å². The maximum Gasteiger partial charge on any atom is 0.254 e. The van der Waals surface area contributed by atoms with Crippen LogP contribution in [0.5, 0.6) is 0 Å². The van der Waals surface area contributed by atoms with Gasteiger partial charge in [0.1, 0.15) is 0 Å². The standard InChI is InChI=1S/C27H35N5O/c1-3-25-24(19-29-32(25)20-22-11-6-4-7-12-22)27(33)28-15-10-16-31-18-17-30(2)21-26(31)23-13-8-5-9-14-23/h4-9,11-14,19,26H,3,10,15-18,20-21H2,1-2H3,(H,28,33). The van der Waals surface area contributed by atoms with Crippen LogP contribution in [0.25, 0.3) is 0 Å². The van der Waals surface area contributed by atoms with Gasteiger partial charge in [0, 0.05) is 38.8 Å². The number of nitrogens with one attached hydrogen (secondary N) is 1. The Hall–Kier alpha value is -2.96. The SMILES string of the molecule is CCc1c(C(=O)NCCCN2CCN(C)CC2c2ccccc2)cnn1Cc1ccccc1. The average Bonchev–Trinajstić information content (AvgIpc) is 3.26. The van der Waals surface area contributed by atoms with Crippen molar-refractivity contribution in [3.63, 3.8) is 0 Å². The third-order valence-electron chi connectivity index (χ3n) is 6.49. The van der Waals surface area contributed by atoms with Gasteiger partial charge in [-0.2, -0.15) is 5.10 Å². The van der Waals surface area contributed by atoms with Gasteiger partial charge in [0.05, 0.1) is 24.0 Å². The van der Waals surface area contributed by atoms with Crippen LogP contribution in [-0.4, -0.2) is 65.3 Å². The zero-order valence-electron chi connectivity index (χ0n) is 19.8. The quantitative estimate of drug-likeness (QED) is 0.512. The Morgan fingerprint density at radius 1 is 1.06 bits per heavy atom. The van der Waals surface area contributed by atoms with Crippen molar-refractivity contribution in [1.29, 1.82) is 0 Å². The summed E-state index contributed by atoms with van der Waals surface area (Å²) in [5, 5.41) is 7.62. The Bertz CT molecular complexity index is 1020. The van der Waals surface area contributed by atoms with E-state index in [4.69, 9.17) is 0 Å². The van der Waals surface area contributed by atoms with Gasteiger partial charge < -0.3 is 10.2 Å². The molecule has 1 saturated heterocycles. The number of hydrogen-bond donors (Lipinski definition) is 1. The number of carbonyl (C=O) groups excluding carboxylic acids is 1. The van der Waals surface area contributed by atoms with Crippen LogP contribution >= 0.6 is 0 Å². The van der Waals surface area contributed by atoms with Crippen molar-refractivity contribution in [2.75, 3.05) is 39.8 Å². The van der Waals surface area contributed by atoms with Gasteiger partial charge >= 0.3 is 0 Å². The number of likely N-dealkylation sites (N-methyl/N-ethyl adjacent to an activating group) is 1. The minimum atomic E-state index is -0.0239. The van der Waals surface area contributed by atoms with E-state index in [0.717, 1.165) is 44.7 Å². The van der Waals surface area contributed by atoms with Gasteiger partial charge in [0.15, 0.2) is 0 Å². The van der Waals surface area contributed by atoms with E-state index in [-0.39, 0.29) is 5.91 Å². The highest BCUT2D eigenvalue weighted by Crippen LogP contribution is 2.24. The Labute approximate surface area is 197 Å². The molecule has 4 rings (SSSR count). The molecule has 1 aliphatic heterocycles. The second kappa shape index (κ2) is 11.3. The molecule has 33 heavy (non-hydrogen) atoms. The smallest absolute Gasteiger partial charge is 0.254 e. The molecule has 1 N–H and O–H groups in total. The molecule has 0 spiro atoms. The second-order valence-electron chi connectivity index (χ2n) is 8.84. The van der Waals surface area contributed by atoms with Crippen LogP contribution in [0.1, 0.15) is 46.6 Å². The van der Waals surface area contributed by atoms with Crippen LogP contribution in [0, 0.1) is 0 Å². The van der Waals surface area contributed by atoms with Crippen LogP contribution in [0.15, 0.2) is 66.9 Å². The van der Waals surface area contributed by atoms with Crippen molar-refractivity contribution in [2.24, 2.45) is 0 Å². The highest BCUT2D eigenvalue weighted by Gasteiger charge is 2.26. The van der Waals surface area contributed by atoms with E-state index in [1.165, 1.54) is 11.1 Å². The first kappa shape index (κ1) is 23.2. The Kier molecular flexibility index (Phi) is 7.92. The second-order valence-corrected chi connectivity index (χ2v) is 8.84. The molecule has 0 aliphatic carbocycles. The summed E-state index contributed by atoms with van der Waals surface area (Å²) in [6.07, 6.45) is 3.41. The van der Waals surface area contributed by atoms with Crippen LogP contribution in [0.3, 0.4) is 0 Å². The summed E-state index contributed by atoms with van der Waals surface area (Å²) >= 11 is 0. The molecule has 2 heterocycles. The van der Waals surface area contributed by atoms with Crippen LogP contribution in [0.2, 0.25) is 0 Å². The third-order valence-corrected chi connectivity index (χ3v) is 6.49. The summed E-state index contributed by atoms with van der Waals surface area (Å²) < 4.78 is 1.94. The highest BCUT2D eigenvalue weighted by atomic mass is 16.1. The van der Waals surface area contributed by atoms with E-state index in [0.29, 0.717) is 24.7 Å². The molecule has 1 atom stereocenters.